The molecule has 1 heterocycles. The molecule has 0 aromatic heterocycles. The summed E-state index contributed by atoms with van der Waals surface area (Å²) in [4.78, 5) is 0. The lowest BCUT2D eigenvalue weighted by Gasteiger charge is -2.32. The zero-order valence-corrected chi connectivity index (χ0v) is 7.15. The van der Waals surface area contributed by atoms with Crippen LogP contribution in [0.1, 0.15) is 26.7 Å². The van der Waals surface area contributed by atoms with Gasteiger partial charge in [0.2, 0.25) is 0 Å². The molecule has 0 saturated carbocycles. The minimum atomic E-state index is 0.682. The van der Waals surface area contributed by atoms with Gasteiger partial charge in [0.05, 0.1) is 0 Å². The van der Waals surface area contributed by atoms with E-state index in [-0.39, 0.29) is 0 Å². The Labute approximate surface area is 63.4 Å². The van der Waals surface area contributed by atoms with E-state index >= 15 is 0 Å². The Hall–Kier alpha value is -0.0800. The van der Waals surface area contributed by atoms with Crippen LogP contribution in [0.25, 0.3) is 0 Å². The zero-order chi connectivity index (χ0) is 7.56. The smallest absolute Gasteiger partial charge is 0.00934 e. The number of hydrogen-bond acceptors (Lipinski definition) is 2. The zero-order valence-electron chi connectivity index (χ0n) is 7.15. The van der Waals surface area contributed by atoms with Crippen LogP contribution in [0.2, 0.25) is 0 Å². The topological polar surface area (TPSA) is 24.1 Å². The molecule has 1 aliphatic rings. The van der Waals surface area contributed by atoms with Crippen LogP contribution in [0.5, 0.6) is 0 Å². The van der Waals surface area contributed by atoms with Crippen LogP contribution >= 0.6 is 0 Å². The third kappa shape index (κ3) is 1.96. The quantitative estimate of drug-likeness (QED) is 0.564. The van der Waals surface area contributed by atoms with Gasteiger partial charge in [0.25, 0.3) is 0 Å². The van der Waals surface area contributed by atoms with Crippen molar-refractivity contribution in [3.63, 3.8) is 0 Å². The van der Waals surface area contributed by atoms with Crippen molar-refractivity contribution < 1.29 is 0 Å². The van der Waals surface area contributed by atoms with Crippen molar-refractivity contribution in [3.8, 4) is 0 Å². The van der Waals surface area contributed by atoms with E-state index in [1.807, 2.05) is 0 Å². The van der Waals surface area contributed by atoms with Crippen LogP contribution in [0, 0.1) is 0 Å². The van der Waals surface area contributed by atoms with Crippen molar-refractivity contribution in [1.82, 2.24) is 10.6 Å². The van der Waals surface area contributed by atoms with Crippen LogP contribution in [0.3, 0.4) is 0 Å². The van der Waals surface area contributed by atoms with Crippen molar-refractivity contribution >= 4 is 0 Å². The van der Waals surface area contributed by atoms with Crippen molar-refractivity contribution in [3.05, 3.63) is 0 Å². The molecule has 1 fully saturated rings. The number of rotatable bonds is 1. The molecule has 0 spiro atoms. The van der Waals surface area contributed by atoms with Crippen LogP contribution in [0.4, 0.5) is 0 Å². The lowest BCUT2D eigenvalue weighted by molar-refractivity contribution is 0.292. The standard InChI is InChI=1S/C8H18N2/c1-6-4-8(9-3)5-7(2)10-6/h6-10H,4-5H2,1-3H3/t6-,7-/m0/s1. The molecule has 0 amide bonds. The van der Waals surface area contributed by atoms with Gasteiger partial charge in [-0.15, -0.1) is 0 Å². The largest absolute Gasteiger partial charge is 0.317 e. The van der Waals surface area contributed by atoms with Crippen LogP contribution in [-0.4, -0.2) is 25.2 Å². The number of hydrogen-bond donors (Lipinski definition) is 2. The molecule has 10 heavy (non-hydrogen) atoms. The van der Waals surface area contributed by atoms with Gasteiger partial charge >= 0.3 is 0 Å². The van der Waals surface area contributed by atoms with Gasteiger partial charge < -0.3 is 10.6 Å². The van der Waals surface area contributed by atoms with E-state index in [0.717, 1.165) is 6.04 Å². The Kier molecular flexibility index (Phi) is 2.69. The minimum Gasteiger partial charge on any atom is -0.317 e. The maximum absolute atomic E-state index is 3.50. The summed E-state index contributed by atoms with van der Waals surface area (Å²) >= 11 is 0. The van der Waals surface area contributed by atoms with Gasteiger partial charge in [0.1, 0.15) is 0 Å². The highest BCUT2D eigenvalue weighted by Crippen LogP contribution is 2.12. The predicted molar refractivity (Wildman–Crippen MR) is 44.1 cm³/mol. The van der Waals surface area contributed by atoms with Gasteiger partial charge in [-0.3, -0.25) is 0 Å². The average molecular weight is 142 g/mol. The fourth-order valence-electron chi connectivity index (χ4n) is 1.81. The first-order valence-electron chi connectivity index (χ1n) is 4.15. The molecule has 0 aromatic carbocycles. The van der Waals surface area contributed by atoms with E-state index in [2.05, 4.69) is 31.5 Å². The Morgan fingerprint density at radius 1 is 1.20 bits per heavy atom. The van der Waals surface area contributed by atoms with Gasteiger partial charge in [-0.05, 0) is 33.7 Å². The summed E-state index contributed by atoms with van der Waals surface area (Å²) in [5.74, 6) is 0. The van der Waals surface area contributed by atoms with E-state index in [4.69, 9.17) is 0 Å². The first-order chi connectivity index (χ1) is 4.72. The molecule has 2 atom stereocenters. The minimum absolute atomic E-state index is 0.682. The molecule has 0 aliphatic carbocycles. The molecule has 0 unspecified atom stereocenters. The summed E-state index contributed by atoms with van der Waals surface area (Å²) in [7, 11) is 2.05. The fourth-order valence-corrected chi connectivity index (χ4v) is 1.81. The summed E-state index contributed by atoms with van der Waals surface area (Å²) < 4.78 is 0. The van der Waals surface area contributed by atoms with Gasteiger partial charge in [0.15, 0.2) is 0 Å². The second-order valence-electron chi connectivity index (χ2n) is 3.43. The Morgan fingerprint density at radius 3 is 2.10 bits per heavy atom. The molecule has 2 heteroatoms. The second-order valence-corrected chi connectivity index (χ2v) is 3.43. The number of nitrogens with one attached hydrogen (secondary N) is 2. The maximum Gasteiger partial charge on any atom is 0.00934 e. The third-order valence-electron chi connectivity index (χ3n) is 2.25. The van der Waals surface area contributed by atoms with Crippen LogP contribution < -0.4 is 10.6 Å². The predicted octanol–water partition coefficient (Wildman–Crippen LogP) is 0.735. The van der Waals surface area contributed by atoms with Gasteiger partial charge in [-0.2, -0.15) is 0 Å². The molecule has 2 nitrogen and oxygen atoms in total. The monoisotopic (exact) mass is 142 g/mol. The molecule has 2 N–H and O–H groups in total. The summed E-state index contributed by atoms with van der Waals surface area (Å²) in [5.41, 5.74) is 0. The summed E-state index contributed by atoms with van der Waals surface area (Å²) in [6.07, 6.45) is 2.53. The highest BCUT2D eigenvalue weighted by atomic mass is 15.0. The van der Waals surface area contributed by atoms with Gasteiger partial charge in [0, 0.05) is 18.1 Å². The lowest BCUT2D eigenvalue weighted by Crippen LogP contribution is -2.48. The highest BCUT2D eigenvalue weighted by Gasteiger charge is 2.20. The molecule has 1 rings (SSSR count). The molecule has 1 saturated heterocycles. The Balaban J connectivity index is 2.35. The molecule has 0 bridgehead atoms. The normalized spacial score (nSPS) is 41.7. The summed E-state index contributed by atoms with van der Waals surface area (Å²) in [6.45, 7) is 4.50. The van der Waals surface area contributed by atoms with Crippen molar-refractivity contribution in [2.45, 2.75) is 44.8 Å². The third-order valence-corrected chi connectivity index (χ3v) is 2.25. The van der Waals surface area contributed by atoms with E-state index in [0.29, 0.717) is 12.1 Å². The molecular weight excluding hydrogens is 124 g/mol. The SMILES string of the molecule is CNC1C[C@H](C)N[C@@H](C)C1. The van der Waals surface area contributed by atoms with Crippen molar-refractivity contribution in [2.75, 3.05) is 7.05 Å². The fraction of sp³-hybridized carbons (Fsp3) is 1.00. The van der Waals surface area contributed by atoms with E-state index in [1.54, 1.807) is 0 Å². The summed E-state index contributed by atoms with van der Waals surface area (Å²) in [6, 6.07) is 2.09. The second kappa shape index (κ2) is 3.35. The molecule has 60 valence electrons. The van der Waals surface area contributed by atoms with E-state index in [1.165, 1.54) is 12.8 Å². The molecule has 0 aromatic rings. The Morgan fingerprint density at radius 2 is 1.70 bits per heavy atom. The average Bonchev–Trinajstić information content (AvgIpc) is 1.85. The van der Waals surface area contributed by atoms with Crippen molar-refractivity contribution in [1.29, 1.82) is 0 Å². The maximum atomic E-state index is 3.50. The van der Waals surface area contributed by atoms with Crippen LogP contribution in [0.15, 0.2) is 0 Å². The number of piperidine rings is 1. The first-order valence-corrected chi connectivity index (χ1v) is 4.15. The lowest BCUT2D eigenvalue weighted by atomic mass is 9.96. The van der Waals surface area contributed by atoms with E-state index < -0.39 is 0 Å². The molecule has 0 radical (unpaired) electrons. The Bertz CT molecular complexity index is 93.4. The summed E-state index contributed by atoms with van der Waals surface area (Å²) in [5, 5.41) is 6.83. The highest BCUT2D eigenvalue weighted by molar-refractivity contribution is 4.83. The van der Waals surface area contributed by atoms with Gasteiger partial charge in [-0.25, -0.2) is 0 Å². The molecular formula is C8H18N2. The van der Waals surface area contributed by atoms with E-state index in [9.17, 15) is 0 Å². The molecule has 1 aliphatic heterocycles. The van der Waals surface area contributed by atoms with Crippen molar-refractivity contribution in [2.24, 2.45) is 0 Å². The van der Waals surface area contributed by atoms with Crippen LogP contribution in [-0.2, 0) is 0 Å². The van der Waals surface area contributed by atoms with Gasteiger partial charge in [-0.1, -0.05) is 0 Å². The first kappa shape index (κ1) is 8.02.